The van der Waals surface area contributed by atoms with Crippen molar-refractivity contribution < 1.29 is 28.7 Å². The summed E-state index contributed by atoms with van der Waals surface area (Å²) in [6, 6.07) is 5.89. The molecule has 2 aliphatic rings. The molecule has 0 atom stereocenters. The van der Waals surface area contributed by atoms with Crippen LogP contribution in [0.3, 0.4) is 0 Å². The highest BCUT2D eigenvalue weighted by Gasteiger charge is 2.22. The fourth-order valence-electron chi connectivity index (χ4n) is 4.76. The zero-order valence-electron chi connectivity index (χ0n) is 24.4. The Labute approximate surface area is 250 Å². The number of hydrogen-bond acceptors (Lipinski definition) is 10. The third-order valence-electron chi connectivity index (χ3n) is 7.26. The lowest BCUT2D eigenvalue weighted by Crippen LogP contribution is -2.40. The molecule has 12 heteroatoms. The van der Waals surface area contributed by atoms with Gasteiger partial charge in [0.1, 0.15) is 18.3 Å². The molecule has 1 aromatic carbocycles. The number of alkyl carbamates (subject to hydrolysis) is 1. The van der Waals surface area contributed by atoms with E-state index in [9.17, 15) is 19.2 Å². The molecule has 2 heterocycles. The van der Waals surface area contributed by atoms with Gasteiger partial charge >= 0.3 is 6.09 Å². The second-order valence-electron chi connectivity index (χ2n) is 10.6. The summed E-state index contributed by atoms with van der Waals surface area (Å²) in [5.41, 5.74) is 9.80. The number of aryl methyl sites for hydroxylation is 1. The van der Waals surface area contributed by atoms with Crippen molar-refractivity contribution in [3.8, 4) is 11.1 Å². The molecule has 0 unspecified atom stereocenters. The number of carbonyl (C=O) groups is 4. The zero-order chi connectivity index (χ0) is 30.6. The standard InChI is InChI=1S/C31H38N6O6/c1-2-11-37(12-4-13-43-31(41)35-25-5-3-6-25)30(40)23-14-22-8-7-21(15-27(22)36-28(32)16-23)24-17-33-29(34-18-24)10-9-26(39)19-42-20-38/h7-8,14-15,17-18,20,25H,2-6,9-13,16,19H2,1H3,(H2,32,36)(H,35,41). The molecule has 228 valence electrons. The zero-order valence-corrected chi connectivity index (χ0v) is 24.4. The minimum absolute atomic E-state index is 0.115. The predicted octanol–water partition coefficient (Wildman–Crippen LogP) is 3.50. The summed E-state index contributed by atoms with van der Waals surface area (Å²) < 4.78 is 9.77. The Bertz CT molecular complexity index is 1370. The van der Waals surface area contributed by atoms with Gasteiger partial charge in [0.15, 0.2) is 5.78 Å². The van der Waals surface area contributed by atoms with Crippen LogP contribution in [0.4, 0.5) is 10.5 Å². The van der Waals surface area contributed by atoms with Gasteiger partial charge in [-0.2, -0.15) is 0 Å². The van der Waals surface area contributed by atoms with Gasteiger partial charge in [0.25, 0.3) is 6.47 Å². The lowest BCUT2D eigenvalue weighted by Gasteiger charge is -2.26. The number of nitrogens with one attached hydrogen (secondary N) is 1. The molecule has 1 saturated carbocycles. The normalized spacial score (nSPS) is 14.3. The second kappa shape index (κ2) is 15.6. The maximum Gasteiger partial charge on any atom is 0.407 e. The summed E-state index contributed by atoms with van der Waals surface area (Å²) in [6.07, 6.45) is 9.96. The van der Waals surface area contributed by atoms with Crippen LogP contribution < -0.4 is 11.1 Å². The molecular formula is C31H38N6O6. The number of benzene rings is 1. The van der Waals surface area contributed by atoms with E-state index in [1.807, 2.05) is 31.2 Å². The van der Waals surface area contributed by atoms with Crippen LogP contribution in [0.1, 0.15) is 63.3 Å². The first-order valence-corrected chi connectivity index (χ1v) is 14.6. The van der Waals surface area contributed by atoms with Crippen molar-refractivity contribution in [2.24, 2.45) is 10.7 Å². The summed E-state index contributed by atoms with van der Waals surface area (Å²) in [5, 5.41) is 2.85. The molecular weight excluding hydrogens is 552 g/mol. The molecule has 1 fully saturated rings. The van der Waals surface area contributed by atoms with Crippen molar-refractivity contribution in [3.63, 3.8) is 0 Å². The van der Waals surface area contributed by atoms with Crippen molar-refractivity contribution in [3.05, 3.63) is 47.6 Å². The van der Waals surface area contributed by atoms with E-state index in [0.29, 0.717) is 48.9 Å². The molecule has 0 saturated heterocycles. The van der Waals surface area contributed by atoms with Crippen LogP contribution in [0.2, 0.25) is 0 Å². The SMILES string of the molecule is CCCN(CCCOC(=O)NC1CCC1)C(=O)C1=Cc2ccc(-c3cnc(CCC(=O)COC=O)nc3)cc2N=C(N)C1. The average Bonchev–Trinajstić information content (AvgIpc) is 3.15. The maximum absolute atomic E-state index is 13.6. The van der Waals surface area contributed by atoms with Gasteiger partial charge in [0.05, 0.1) is 12.3 Å². The molecule has 0 radical (unpaired) electrons. The monoisotopic (exact) mass is 590 g/mol. The lowest BCUT2D eigenvalue weighted by molar-refractivity contribution is -0.136. The third-order valence-corrected chi connectivity index (χ3v) is 7.26. The van der Waals surface area contributed by atoms with E-state index in [2.05, 4.69) is 25.0 Å². The molecule has 0 spiro atoms. The van der Waals surface area contributed by atoms with Gasteiger partial charge in [-0.1, -0.05) is 19.1 Å². The topological polar surface area (TPSA) is 166 Å². The van der Waals surface area contributed by atoms with E-state index in [4.69, 9.17) is 10.5 Å². The molecule has 2 amide bonds. The Balaban J connectivity index is 1.38. The molecule has 1 aliphatic carbocycles. The van der Waals surface area contributed by atoms with Crippen molar-refractivity contribution in [1.29, 1.82) is 0 Å². The summed E-state index contributed by atoms with van der Waals surface area (Å²) in [4.78, 5) is 62.5. The Morgan fingerprint density at radius 1 is 1.14 bits per heavy atom. The fraction of sp³-hybridized carbons (Fsp3) is 0.452. The smallest absolute Gasteiger partial charge is 0.407 e. The number of amidine groups is 1. The van der Waals surface area contributed by atoms with Gasteiger partial charge in [-0.3, -0.25) is 14.4 Å². The number of nitrogens with zero attached hydrogens (tertiary/aromatic N) is 4. The van der Waals surface area contributed by atoms with E-state index in [1.165, 1.54) is 0 Å². The summed E-state index contributed by atoms with van der Waals surface area (Å²) in [6.45, 7) is 3.27. The molecule has 4 rings (SSSR count). The highest BCUT2D eigenvalue weighted by atomic mass is 16.5. The highest BCUT2D eigenvalue weighted by Crippen LogP contribution is 2.32. The number of nitrogens with two attached hydrogens (primary N) is 1. The Hall–Kier alpha value is -4.61. The lowest BCUT2D eigenvalue weighted by atomic mass is 9.93. The van der Waals surface area contributed by atoms with Gasteiger partial charge in [-0.25, -0.2) is 19.8 Å². The highest BCUT2D eigenvalue weighted by molar-refractivity contribution is 6.05. The van der Waals surface area contributed by atoms with Crippen molar-refractivity contribution >= 4 is 41.9 Å². The number of ketones is 1. The maximum atomic E-state index is 13.6. The first-order valence-electron chi connectivity index (χ1n) is 14.6. The Kier molecular flexibility index (Phi) is 11.3. The number of ether oxygens (including phenoxy) is 2. The van der Waals surface area contributed by atoms with E-state index in [-0.39, 0.29) is 50.3 Å². The van der Waals surface area contributed by atoms with Gasteiger partial charge in [0.2, 0.25) is 5.91 Å². The summed E-state index contributed by atoms with van der Waals surface area (Å²) in [7, 11) is 0. The van der Waals surface area contributed by atoms with Crippen LogP contribution in [-0.2, 0) is 30.3 Å². The molecule has 2 aromatic rings. The number of amides is 2. The van der Waals surface area contributed by atoms with E-state index < -0.39 is 6.09 Å². The number of Topliss-reactive ketones (excluding diaryl/α,β-unsaturated/α-hetero) is 1. The van der Waals surface area contributed by atoms with Gasteiger partial charge in [-0.05, 0) is 49.8 Å². The van der Waals surface area contributed by atoms with Crippen LogP contribution in [0, 0.1) is 0 Å². The third kappa shape index (κ3) is 9.19. The predicted molar refractivity (Wildman–Crippen MR) is 160 cm³/mol. The number of aromatic nitrogens is 2. The molecule has 0 bridgehead atoms. The molecule has 12 nitrogen and oxygen atoms in total. The van der Waals surface area contributed by atoms with Crippen LogP contribution in [-0.4, -0.2) is 77.3 Å². The van der Waals surface area contributed by atoms with Gasteiger partial charge in [-0.15, -0.1) is 0 Å². The number of hydrogen-bond donors (Lipinski definition) is 2. The number of fused-ring (bicyclic) bond motifs is 1. The van der Waals surface area contributed by atoms with E-state index >= 15 is 0 Å². The van der Waals surface area contributed by atoms with Gasteiger partial charge < -0.3 is 25.4 Å². The van der Waals surface area contributed by atoms with Crippen molar-refractivity contribution in [1.82, 2.24) is 20.2 Å². The van der Waals surface area contributed by atoms with Crippen molar-refractivity contribution in [2.75, 3.05) is 26.3 Å². The molecule has 3 N–H and O–H groups in total. The minimum Gasteiger partial charge on any atom is -0.460 e. The number of carbonyl (C=O) groups excluding carboxylic acids is 4. The number of aliphatic imine (C=N–C) groups is 1. The van der Waals surface area contributed by atoms with E-state index in [0.717, 1.165) is 42.4 Å². The summed E-state index contributed by atoms with van der Waals surface area (Å²) in [5.74, 6) is 0.516. The van der Waals surface area contributed by atoms with E-state index in [1.54, 1.807) is 17.3 Å². The average molecular weight is 591 g/mol. The van der Waals surface area contributed by atoms with Crippen molar-refractivity contribution in [2.45, 2.75) is 64.3 Å². The van der Waals surface area contributed by atoms with Crippen LogP contribution in [0.15, 0.2) is 41.2 Å². The Morgan fingerprint density at radius 2 is 1.93 bits per heavy atom. The number of rotatable bonds is 15. The first kappa shape index (κ1) is 31.3. The molecule has 1 aliphatic heterocycles. The van der Waals surface area contributed by atoms with Gasteiger partial charge in [0, 0.05) is 67.5 Å². The van der Waals surface area contributed by atoms with Crippen LogP contribution in [0.25, 0.3) is 17.2 Å². The molecule has 1 aromatic heterocycles. The quantitative estimate of drug-likeness (QED) is 0.233. The second-order valence-corrected chi connectivity index (χ2v) is 10.6. The Morgan fingerprint density at radius 3 is 2.63 bits per heavy atom. The van der Waals surface area contributed by atoms with Crippen LogP contribution in [0.5, 0.6) is 0 Å². The largest absolute Gasteiger partial charge is 0.460 e. The molecule has 43 heavy (non-hydrogen) atoms. The summed E-state index contributed by atoms with van der Waals surface area (Å²) >= 11 is 0. The first-order chi connectivity index (χ1) is 20.9. The minimum atomic E-state index is -0.401. The fourth-order valence-corrected chi connectivity index (χ4v) is 4.76. The van der Waals surface area contributed by atoms with Crippen LogP contribution >= 0.6 is 0 Å².